The number of hydrogen-bond acceptors (Lipinski definition) is 2. The minimum absolute atomic E-state index is 0.158. The average Bonchev–Trinajstić information content (AvgIpc) is 2.76. The summed E-state index contributed by atoms with van der Waals surface area (Å²) in [6, 6.07) is 21.8. The summed E-state index contributed by atoms with van der Waals surface area (Å²) in [7, 11) is 0. The molecular formula is C27H39NO. The first-order valence-electron chi connectivity index (χ1n) is 11.7. The fourth-order valence-corrected chi connectivity index (χ4v) is 5.38. The number of piperidine rings is 1. The predicted octanol–water partition coefficient (Wildman–Crippen LogP) is 6.83. The van der Waals surface area contributed by atoms with Crippen LogP contribution in [0.25, 0.3) is 0 Å². The molecule has 0 unspecified atom stereocenters. The fraction of sp³-hybridized carbons (Fsp3) is 0.556. The maximum absolute atomic E-state index is 12.3. The highest BCUT2D eigenvalue weighted by Crippen LogP contribution is 2.50. The van der Waals surface area contributed by atoms with Gasteiger partial charge in [-0.15, -0.1) is 0 Å². The average molecular weight is 394 g/mol. The van der Waals surface area contributed by atoms with Gasteiger partial charge in [-0.1, -0.05) is 114 Å². The third-order valence-corrected chi connectivity index (χ3v) is 7.04. The van der Waals surface area contributed by atoms with Gasteiger partial charge in [0.25, 0.3) is 0 Å². The van der Waals surface area contributed by atoms with Crippen molar-refractivity contribution in [1.29, 1.82) is 0 Å². The standard InChI is InChI=1S/C27H39NO/c1-4-6-7-14-20-27(29)21(3)25(22-16-10-8-11-17-22)28-26(24(27)15-5-2)23-18-12-9-13-19-23/h8-13,16-19,21,24-26,28-29H,4-7,14-15,20H2,1-3H3/t21-,24+,25-,26+,27+/m1/s1. The highest BCUT2D eigenvalue weighted by Gasteiger charge is 2.52. The van der Waals surface area contributed by atoms with Gasteiger partial charge < -0.3 is 10.4 Å². The van der Waals surface area contributed by atoms with Crippen LogP contribution in [0.1, 0.15) is 88.9 Å². The summed E-state index contributed by atoms with van der Waals surface area (Å²) in [6.07, 6.45) is 7.84. The van der Waals surface area contributed by atoms with E-state index in [9.17, 15) is 5.11 Å². The number of benzene rings is 2. The van der Waals surface area contributed by atoms with E-state index < -0.39 is 5.60 Å². The molecule has 0 aromatic heterocycles. The number of hydrogen-bond donors (Lipinski definition) is 2. The molecule has 2 N–H and O–H groups in total. The van der Waals surface area contributed by atoms with Crippen LogP contribution in [0.3, 0.4) is 0 Å². The van der Waals surface area contributed by atoms with E-state index in [4.69, 9.17) is 0 Å². The largest absolute Gasteiger partial charge is 0.389 e. The second kappa shape index (κ2) is 10.4. The quantitative estimate of drug-likeness (QED) is 0.458. The SMILES string of the molecule is CCCCCC[C@]1(O)[C@H](C)[C@H](c2ccccc2)N[C@@H](c2ccccc2)[C@@H]1CCC. The Morgan fingerprint density at radius 1 is 0.793 bits per heavy atom. The lowest BCUT2D eigenvalue weighted by Crippen LogP contribution is -2.58. The van der Waals surface area contributed by atoms with E-state index in [0.29, 0.717) is 0 Å². The molecular weight excluding hydrogens is 354 g/mol. The first-order valence-corrected chi connectivity index (χ1v) is 11.7. The van der Waals surface area contributed by atoms with E-state index >= 15 is 0 Å². The number of unbranched alkanes of at least 4 members (excludes halogenated alkanes) is 3. The van der Waals surface area contributed by atoms with Crippen molar-refractivity contribution in [2.75, 3.05) is 0 Å². The molecule has 0 amide bonds. The first-order chi connectivity index (χ1) is 14.1. The molecule has 2 aromatic carbocycles. The van der Waals surface area contributed by atoms with Crippen LogP contribution in [-0.2, 0) is 0 Å². The number of aliphatic hydroxyl groups is 1. The summed E-state index contributed by atoms with van der Waals surface area (Å²) in [5.74, 6) is 0.398. The molecule has 1 fully saturated rings. The Hall–Kier alpha value is -1.64. The molecule has 2 aromatic rings. The van der Waals surface area contributed by atoms with Gasteiger partial charge >= 0.3 is 0 Å². The highest BCUT2D eigenvalue weighted by molar-refractivity contribution is 5.28. The van der Waals surface area contributed by atoms with E-state index in [1.165, 1.54) is 30.4 Å². The molecule has 2 heteroatoms. The molecule has 0 bridgehead atoms. The smallest absolute Gasteiger partial charge is 0.0737 e. The molecule has 1 aliphatic rings. The normalized spacial score (nSPS) is 29.7. The predicted molar refractivity (Wildman–Crippen MR) is 123 cm³/mol. The second-order valence-corrected chi connectivity index (χ2v) is 8.93. The van der Waals surface area contributed by atoms with Gasteiger partial charge in [0.1, 0.15) is 0 Å². The summed E-state index contributed by atoms with van der Waals surface area (Å²) in [5, 5.41) is 16.2. The van der Waals surface area contributed by atoms with Crippen LogP contribution >= 0.6 is 0 Å². The van der Waals surface area contributed by atoms with Crippen LogP contribution in [0.4, 0.5) is 0 Å². The molecule has 1 aliphatic heterocycles. The fourth-order valence-electron chi connectivity index (χ4n) is 5.38. The molecule has 0 spiro atoms. The molecule has 3 rings (SSSR count). The molecule has 1 saturated heterocycles. The van der Waals surface area contributed by atoms with Crippen molar-refractivity contribution < 1.29 is 5.11 Å². The Balaban J connectivity index is 1.98. The van der Waals surface area contributed by atoms with Crippen molar-refractivity contribution >= 4 is 0 Å². The first kappa shape index (κ1) is 22.1. The monoisotopic (exact) mass is 393 g/mol. The Morgan fingerprint density at radius 3 is 1.93 bits per heavy atom. The van der Waals surface area contributed by atoms with E-state index in [1.54, 1.807) is 0 Å². The van der Waals surface area contributed by atoms with Gasteiger partial charge in [-0.25, -0.2) is 0 Å². The number of rotatable bonds is 9. The van der Waals surface area contributed by atoms with Crippen molar-refractivity contribution in [2.45, 2.75) is 83.4 Å². The van der Waals surface area contributed by atoms with E-state index in [-0.39, 0.29) is 23.9 Å². The van der Waals surface area contributed by atoms with E-state index in [1.807, 2.05) is 0 Å². The van der Waals surface area contributed by atoms with Gasteiger partial charge in [-0.05, 0) is 24.0 Å². The summed E-state index contributed by atoms with van der Waals surface area (Å²) in [4.78, 5) is 0. The van der Waals surface area contributed by atoms with Crippen molar-refractivity contribution in [3.8, 4) is 0 Å². The van der Waals surface area contributed by atoms with Crippen LogP contribution in [0.15, 0.2) is 60.7 Å². The van der Waals surface area contributed by atoms with Gasteiger partial charge in [-0.2, -0.15) is 0 Å². The van der Waals surface area contributed by atoms with Gasteiger partial charge in [0.2, 0.25) is 0 Å². The van der Waals surface area contributed by atoms with Gasteiger partial charge in [0.05, 0.1) is 5.60 Å². The molecule has 2 nitrogen and oxygen atoms in total. The third-order valence-electron chi connectivity index (χ3n) is 7.04. The minimum Gasteiger partial charge on any atom is -0.389 e. The van der Waals surface area contributed by atoms with Crippen LogP contribution in [-0.4, -0.2) is 10.7 Å². The Morgan fingerprint density at radius 2 is 1.38 bits per heavy atom. The lowest BCUT2D eigenvalue weighted by Gasteiger charge is -2.53. The van der Waals surface area contributed by atoms with Crippen molar-refractivity contribution in [3.63, 3.8) is 0 Å². The molecule has 0 aliphatic carbocycles. The van der Waals surface area contributed by atoms with Crippen LogP contribution in [0.2, 0.25) is 0 Å². The van der Waals surface area contributed by atoms with Gasteiger partial charge in [0, 0.05) is 23.9 Å². The number of nitrogens with one attached hydrogen (secondary N) is 1. The molecule has 1 heterocycles. The Labute approximate surface area is 177 Å². The molecule has 158 valence electrons. The summed E-state index contributed by atoms with van der Waals surface area (Å²) in [6.45, 7) is 6.75. The maximum atomic E-state index is 12.3. The molecule has 0 saturated carbocycles. The minimum atomic E-state index is -0.657. The second-order valence-electron chi connectivity index (χ2n) is 8.93. The lowest BCUT2D eigenvalue weighted by atomic mass is 9.62. The van der Waals surface area contributed by atoms with Crippen LogP contribution in [0, 0.1) is 11.8 Å². The van der Waals surface area contributed by atoms with E-state index in [2.05, 4.69) is 86.8 Å². The Bertz CT molecular complexity index is 716. The van der Waals surface area contributed by atoms with Crippen LogP contribution in [0.5, 0.6) is 0 Å². The van der Waals surface area contributed by atoms with Crippen LogP contribution < -0.4 is 5.32 Å². The maximum Gasteiger partial charge on any atom is 0.0737 e. The van der Waals surface area contributed by atoms with Gasteiger partial charge in [-0.3, -0.25) is 0 Å². The van der Waals surface area contributed by atoms with Gasteiger partial charge in [0.15, 0.2) is 0 Å². The van der Waals surface area contributed by atoms with Crippen molar-refractivity contribution in [3.05, 3.63) is 71.8 Å². The van der Waals surface area contributed by atoms with Crippen molar-refractivity contribution in [2.24, 2.45) is 11.8 Å². The third kappa shape index (κ3) is 4.92. The zero-order valence-corrected chi connectivity index (χ0v) is 18.5. The Kier molecular flexibility index (Phi) is 7.91. The zero-order chi connectivity index (χ0) is 20.7. The molecule has 29 heavy (non-hydrogen) atoms. The van der Waals surface area contributed by atoms with Crippen molar-refractivity contribution in [1.82, 2.24) is 5.32 Å². The molecule has 0 radical (unpaired) electrons. The van der Waals surface area contributed by atoms with E-state index in [0.717, 1.165) is 25.7 Å². The lowest BCUT2D eigenvalue weighted by molar-refractivity contribution is -0.126. The molecule has 5 atom stereocenters. The summed E-state index contributed by atoms with van der Waals surface area (Å²) in [5.41, 5.74) is 1.92. The zero-order valence-electron chi connectivity index (χ0n) is 18.5. The summed E-state index contributed by atoms with van der Waals surface area (Å²) < 4.78 is 0. The topological polar surface area (TPSA) is 32.3 Å². The summed E-state index contributed by atoms with van der Waals surface area (Å²) >= 11 is 0. The highest BCUT2D eigenvalue weighted by atomic mass is 16.3.